The molecule has 3 atom stereocenters. The van der Waals surface area contributed by atoms with Gasteiger partial charge in [0, 0.05) is 0 Å². The lowest BCUT2D eigenvalue weighted by Gasteiger charge is -2.54. The fourth-order valence-electron chi connectivity index (χ4n) is 4.38. The highest BCUT2D eigenvalue weighted by Gasteiger charge is 2.48. The Labute approximate surface area is 136 Å². The highest BCUT2D eigenvalue weighted by atomic mass is 16.5. The van der Waals surface area contributed by atoms with Crippen LogP contribution in [0, 0.1) is 22.7 Å². The number of hydrogen-bond acceptors (Lipinski definition) is 2. The lowest BCUT2D eigenvalue weighted by atomic mass is 9.51. The van der Waals surface area contributed by atoms with Crippen molar-refractivity contribution in [2.24, 2.45) is 22.7 Å². The van der Waals surface area contributed by atoms with E-state index in [2.05, 4.69) is 20.1 Å². The van der Waals surface area contributed by atoms with Crippen LogP contribution >= 0.6 is 0 Å². The van der Waals surface area contributed by atoms with Gasteiger partial charge in [-0.05, 0) is 83.5 Å². The van der Waals surface area contributed by atoms with Crippen LogP contribution in [0.5, 0.6) is 0 Å². The second-order valence-corrected chi connectivity index (χ2v) is 8.56. The largest absolute Gasteiger partial charge is 0.465 e. The number of rotatable bonds is 5. The molecule has 3 fully saturated rings. The summed E-state index contributed by atoms with van der Waals surface area (Å²) in [6.07, 6.45) is 7.00. The van der Waals surface area contributed by atoms with Crippen molar-refractivity contribution in [3.63, 3.8) is 0 Å². The summed E-state index contributed by atoms with van der Waals surface area (Å²) in [5.41, 5.74) is 2.68. The summed E-state index contributed by atoms with van der Waals surface area (Å²) in [6.45, 7) is 17.0. The average molecular weight is 304 g/mol. The van der Waals surface area contributed by atoms with E-state index in [1.165, 1.54) is 30.4 Å². The molecule has 0 aromatic rings. The van der Waals surface area contributed by atoms with Gasteiger partial charge in [-0.25, -0.2) is 0 Å². The number of fused-ring (bicyclic) bond motifs is 3. The number of hydrogen-bond donors (Lipinski definition) is 0. The molecule has 0 aromatic carbocycles. The van der Waals surface area contributed by atoms with Crippen LogP contribution in [-0.4, -0.2) is 12.6 Å². The number of carbonyl (C=O) groups is 1. The van der Waals surface area contributed by atoms with Crippen molar-refractivity contribution in [2.45, 2.75) is 66.2 Å². The molecule has 0 aliphatic heterocycles. The number of ether oxygens (including phenoxy) is 1. The van der Waals surface area contributed by atoms with Gasteiger partial charge < -0.3 is 4.74 Å². The van der Waals surface area contributed by atoms with E-state index in [1.54, 1.807) is 0 Å². The molecule has 2 nitrogen and oxygen atoms in total. The van der Waals surface area contributed by atoms with Gasteiger partial charge in [0.05, 0.1) is 12.0 Å². The molecular formula is C20H32O2. The Morgan fingerprint density at radius 3 is 2.64 bits per heavy atom. The second kappa shape index (κ2) is 6.22. The van der Waals surface area contributed by atoms with E-state index in [-0.39, 0.29) is 5.97 Å². The Morgan fingerprint density at radius 1 is 1.41 bits per heavy atom. The lowest BCUT2D eigenvalue weighted by Crippen LogP contribution is -2.43. The van der Waals surface area contributed by atoms with Gasteiger partial charge in [-0.15, -0.1) is 0 Å². The predicted octanol–water partition coefficient (Wildman–Crippen LogP) is 5.29. The van der Waals surface area contributed by atoms with Gasteiger partial charge in [-0.3, -0.25) is 4.79 Å². The average Bonchev–Trinajstić information content (AvgIpc) is 2.42. The topological polar surface area (TPSA) is 26.3 Å². The molecule has 0 amide bonds. The number of esters is 1. The summed E-state index contributed by atoms with van der Waals surface area (Å²) < 4.78 is 5.44. The first-order valence-electron chi connectivity index (χ1n) is 8.66. The summed E-state index contributed by atoms with van der Waals surface area (Å²) >= 11 is 0. The molecule has 2 heteroatoms. The van der Waals surface area contributed by atoms with Crippen molar-refractivity contribution in [1.29, 1.82) is 0 Å². The summed E-state index contributed by atoms with van der Waals surface area (Å²) in [5.74, 6) is 1.23. The zero-order valence-electron chi connectivity index (χ0n) is 14.8. The molecule has 3 saturated carbocycles. The molecule has 22 heavy (non-hydrogen) atoms. The standard InChI is InChI=1S/C20H32O2/c1-14(2)17-12-16-8-10-20(17,13-15(16)3)9-7-11-22-18(21)19(4,5)6/h16-17H,1,3,7-13H2,2,4-6H3/t16-,17-,20-/m0/s1. The third-order valence-electron chi connectivity index (χ3n) is 5.67. The van der Waals surface area contributed by atoms with E-state index in [0.29, 0.717) is 23.9 Å². The molecule has 0 N–H and O–H groups in total. The first-order chi connectivity index (χ1) is 10.2. The van der Waals surface area contributed by atoms with Gasteiger partial charge in [0.15, 0.2) is 0 Å². The van der Waals surface area contributed by atoms with Crippen molar-refractivity contribution in [1.82, 2.24) is 0 Å². The van der Waals surface area contributed by atoms with E-state index in [4.69, 9.17) is 4.74 Å². The van der Waals surface area contributed by atoms with Gasteiger partial charge in [0.2, 0.25) is 0 Å². The molecule has 124 valence electrons. The highest BCUT2D eigenvalue weighted by Crippen LogP contribution is 2.59. The highest BCUT2D eigenvalue weighted by molar-refractivity contribution is 5.75. The summed E-state index contributed by atoms with van der Waals surface area (Å²) in [6, 6.07) is 0. The third kappa shape index (κ3) is 3.47. The molecule has 3 aliphatic carbocycles. The van der Waals surface area contributed by atoms with Crippen LogP contribution in [0.1, 0.15) is 66.2 Å². The molecule has 3 rings (SSSR count). The van der Waals surface area contributed by atoms with E-state index in [9.17, 15) is 4.79 Å². The van der Waals surface area contributed by atoms with Crippen LogP contribution in [0.3, 0.4) is 0 Å². The lowest BCUT2D eigenvalue weighted by molar-refractivity contribution is -0.153. The predicted molar refractivity (Wildman–Crippen MR) is 91.5 cm³/mol. The monoisotopic (exact) mass is 304 g/mol. The fraction of sp³-hybridized carbons (Fsp3) is 0.750. The Hall–Kier alpha value is -1.05. The zero-order chi connectivity index (χ0) is 16.5. The molecule has 0 saturated heterocycles. The van der Waals surface area contributed by atoms with Gasteiger partial charge in [0.1, 0.15) is 0 Å². The van der Waals surface area contributed by atoms with Crippen LogP contribution < -0.4 is 0 Å². The molecule has 0 radical (unpaired) electrons. The second-order valence-electron chi connectivity index (χ2n) is 8.56. The fourth-order valence-corrected chi connectivity index (χ4v) is 4.38. The smallest absolute Gasteiger partial charge is 0.311 e. The van der Waals surface area contributed by atoms with Crippen LogP contribution in [0.25, 0.3) is 0 Å². The molecule has 2 bridgehead atoms. The van der Waals surface area contributed by atoms with Crippen molar-refractivity contribution in [3.8, 4) is 0 Å². The van der Waals surface area contributed by atoms with Crippen LogP contribution in [0.2, 0.25) is 0 Å². The minimum Gasteiger partial charge on any atom is -0.465 e. The SMILES string of the molecule is C=C1C[C@]2(CCCOC(=O)C(C)(C)C)CC[C@H]1C[C@H]2C(=C)C. The third-order valence-corrected chi connectivity index (χ3v) is 5.67. The van der Waals surface area contributed by atoms with Crippen LogP contribution in [0.15, 0.2) is 24.3 Å². The molecule has 3 aliphatic rings. The summed E-state index contributed by atoms with van der Waals surface area (Å²) in [4.78, 5) is 11.8. The number of carbonyl (C=O) groups excluding carboxylic acids is 1. The summed E-state index contributed by atoms with van der Waals surface area (Å²) in [7, 11) is 0. The minimum absolute atomic E-state index is 0.0989. The number of allylic oxidation sites excluding steroid dienone is 2. The molecular weight excluding hydrogens is 272 g/mol. The molecule has 0 heterocycles. The van der Waals surface area contributed by atoms with Gasteiger partial charge in [-0.1, -0.05) is 24.3 Å². The van der Waals surface area contributed by atoms with Crippen LogP contribution in [-0.2, 0) is 9.53 Å². The maximum atomic E-state index is 11.8. The normalized spacial score (nSPS) is 31.2. The maximum Gasteiger partial charge on any atom is 0.311 e. The molecule has 0 aromatic heterocycles. The van der Waals surface area contributed by atoms with E-state index in [1.807, 2.05) is 20.8 Å². The van der Waals surface area contributed by atoms with Crippen LogP contribution in [0.4, 0.5) is 0 Å². The van der Waals surface area contributed by atoms with E-state index >= 15 is 0 Å². The zero-order valence-corrected chi connectivity index (χ0v) is 14.8. The van der Waals surface area contributed by atoms with Crippen molar-refractivity contribution >= 4 is 5.97 Å². The molecule has 0 spiro atoms. The Morgan fingerprint density at radius 2 is 2.09 bits per heavy atom. The minimum atomic E-state index is -0.407. The van der Waals surface area contributed by atoms with Gasteiger partial charge in [0.25, 0.3) is 0 Å². The van der Waals surface area contributed by atoms with Gasteiger partial charge >= 0.3 is 5.97 Å². The van der Waals surface area contributed by atoms with E-state index < -0.39 is 5.41 Å². The van der Waals surface area contributed by atoms with Gasteiger partial charge in [-0.2, -0.15) is 0 Å². The Balaban J connectivity index is 1.93. The Bertz CT molecular complexity index is 469. The van der Waals surface area contributed by atoms with Crippen molar-refractivity contribution < 1.29 is 9.53 Å². The Kier molecular flexibility index (Phi) is 4.89. The molecule has 0 unspecified atom stereocenters. The summed E-state index contributed by atoms with van der Waals surface area (Å²) in [5, 5.41) is 0. The first kappa shape index (κ1) is 17.3. The quantitative estimate of drug-likeness (QED) is 0.391. The first-order valence-corrected chi connectivity index (χ1v) is 8.66. The van der Waals surface area contributed by atoms with Crippen molar-refractivity contribution in [2.75, 3.05) is 6.61 Å². The van der Waals surface area contributed by atoms with E-state index in [0.717, 1.165) is 19.3 Å². The maximum absolute atomic E-state index is 11.8. The van der Waals surface area contributed by atoms with Crippen molar-refractivity contribution in [3.05, 3.63) is 24.3 Å².